The van der Waals surface area contributed by atoms with Crippen molar-refractivity contribution < 1.29 is 27.2 Å². The molecule has 34 heavy (non-hydrogen) atoms. The average molecular weight is 470 g/mol. The van der Waals surface area contributed by atoms with Crippen LogP contribution in [0.5, 0.6) is 0 Å². The molecule has 0 saturated carbocycles. The lowest BCUT2D eigenvalue weighted by molar-refractivity contribution is -0.137. The van der Waals surface area contributed by atoms with E-state index >= 15 is 0 Å². The van der Waals surface area contributed by atoms with Crippen molar-refractivity contribution in [2.24, 2.45) is 0 Å². The van der Waals surface area contributed by atoms with Gasteiger partial charge in [-0.15, -0.1) is 0 Å². The van der Waals surface area contributed by atoms with E-state index in [1.54, 1.807) is 53.9 Å². The maximum atomic E-state index is 14.0. The molecule has 0 aliphatic heterocycles. The van der Waals surface area contributed by atoms with Crippen molar-refractivity contribution in [3.8, 4) is 0 Å². The van der Waals surface area contributed by atoms with E-state index in [2.05, 4.69) is 15.6 Å². The van der Waals surface area contributed by atoms with Crippen LogP contribution in [-0.2, 0) is 12.7 Å². The van der Waals surface area contributed by atoms with Gasteiger partial charge in [0.2, 0.25) is 0 Å². The number of rotatable bonds is 5. The Balaban J connectivity index is 1.48. The fraction of sp³-hybridized carbons (Fsp3) is 0.125. The van der Waals surface area contributed by atoms with E-state index in [0.29, 0.717) is 40.8 Å². The lowest BCUT2D eigenvalue weighted by atomic mass is 10.1. The van der Waals surface area contributed by atoms with Crippen LogP contribution in [0.2, 0.25) is 0 Å². The molecule has 0 saturated heterocycles. The minimum Gasteiger partial charge on any atom is -0.348 e. The molecule has 6 nitrogen and oxygen atoms in total. The predicted octanol–water partition coefficient (Wildman–Crippen LogP) is 4.98. The number of pyridine rings is 1. The number of nitrogens with one attached hydrogen (secondary N) is 2. The van der Waals surface area contributed by atoms with Gasteiger partial charge in [0.25, 0.3) is 11.8 Å². The van der Waals surface area contributed by atoms with Gasteiger partial charge in [0.05, 0.1) is 17.3 Å². The van der Waals surface area contributed by atoms with Crippen molar-refractivity contribution in [1.29, 1.82) is 0 Å². The van der Waals surface area contributed by atoms with Gasteiger partial charge >= 0.3 is 6.18 Å². The van der Waals surface area contributed by atoms with E-state index in [-0.39, 0.29) is 6.54 Å². The SMILES string of the molecule is Cc1ccc(CNC(=O)c2cc(C(F)(F)F)ccc2F)cc1NC(=O)c1cnc2ccccn12. The lowest BCUT2D eigenvalue weighted by Crippen LogP contribution is -2.24. The van der Waals surface area contributed by atoms with Crippen LogP contribution in [0, 0.1) is 12.7 Å². The monoisotopic (exact) mass is 470 g/mol. The lowest BCUT2D eigenvalue weighted by Gasteiger charge is -2.12. The van der Waals surface area contributed by atoms with Crippen molar-refractivity contribution in [3.05, 3.63) is 101 Å². The largest absolute Gasteiger partial charge is 0.416 e. The van der Waals surface area contributed by atoms with Crippen LogP contribution in [0.3, 0.4) is 0 Å². The molecule has 0 aliphatic rings. The number of carbonyl (C=O) groups excluding carboxylic acids is 2. The Hall–Kier alpha value is -4.21. The molecular formula is C24H18F4N4O2. The summed E-state index contributed by atoms with van der Waals surface area (Å²) in [7, 11) is 0. The predicted molar refractivity (Wildman–Crippen MR) is 117 cm³/mol. The van der Waals surface area contributed by atoms with Crippen LogP contribution in [0.25, 0.3) is 5.65 Å². The zero-order chi connectivity index (χ0) is 24.5. The molecule has 2 aromatic heterocycles. The van der Waals surface area contributed by atoms with Crippen LogP contribution in [0.15, 0.2) is 67.0 Å². The van der Waals surface area contributed by atoms with Crippen molar-refractivity contribution in [2.75, 3.05) is 5.32 Å². The quantitative estimate of drug-likeness (QED) is 0.404. The maximum Gasteiger partial charge on any atom is 0.416 e. The van der Waals surface area contributed by atoms with Gasteiger partial charge in [-0.1, -0.05) is 18.2 Å². The van der Waals surface area contributed by atoms with Gasteiger partial charge in [-0.3, -0.25) is 14.0 Å². The molecule has 2 N–H and O–H groups in total. The zero-order valence-electron chi connectivity index (χ0n) is 17.8. The van der Waals surface area contributed by atoms with Gasteiger partial charge in [-0.25, -0.2) is 9.37 Å². The molecule has 10 heteroatoms. The van der Waals surface area contributed by atoms with Crippen LogP contribution < -0.4 is 10.6 Å². The highest BCUT2D eigenvalue weighted by atomic mass is 19.4. The van der Waals surface area contributed by atoms with Crippen LogP contribution >= 0.6 is 0 Å². The number of carbonyl (C=O) groups is 2. The summed E-state index contributed by atoms with van der Waals surface area (Å²) in [6.07, 6.45) is -1.54. The van der Waals surface area contributed by atoms with Crippen LogP contribution in [-0.4, -0.2) is 21.2 Å². The first-order valence-corrected chi connectivity index (χ1v) is 10.1. The summed E-state index contributed by atoms with van der Waals surface area (Å²) in [5.41, 5.74) is 0.903. The van der Waals surface area contributed by atoms with E-state index < -0.39 is 34.9 Å². The molecule has 2 amide bonds. The summed E-state index contributed by atoms with van der Waals surface area (Å²) in [6, 6.07) is 12.0. The van der Waals surface area contributed by atoms with Gasteiger partial charge in [-0.05, 0) is 54.4 Å². The number of halogens is 4. The normalized spacial score (nSPS) is 11.4. The standard InChI is InChI=1S/C24H18F4N4O2/c1-14-5-6-15(12-30-22(33)17-11-16(24(26,27)28)7-8-18(17)25)10-19(14)31-23(34)20-13-29-21-4-2-3-9-32(20)21/h2-11,13H,12H2,1H3,(H,30,33)(H,31,34). The van der Waals surface area contributed by atoms with E-state index in [0.717, 1.165) is 5.56 Å². The highest BCUT2D eigenvalue weighted by Gasteiger charge is 2.32. The molecule has 4 aromatic rings. The second-order valence-corrected chi connectivity index (χ2v) is 7.55. The Morgan fingerprint density at radius 3 is 2.59 bits per heavy atom. The highest BCUT2D eigenvalue weighted by molar-refractivity contribution is 6.04. The number of hydrogen-bond acceptors (Lipinski definition) is 3. The number of amides is 2. The zero-order valence-corrected chi connectivity index (χ0v) is 17.8. The minimum absolute atomic E-state index is 0.0900. The third-order valence-electron chi connectivity index (χ3n) is 5.19. The van der Waals surface area contributed by atoms with Crippen molar-refractivity contribution in [1.82, 2.24) is 14.7 Å². The molecule has 0 spiro atoms. The molecule has 2 heterocycles. The molecule has 2 aromatic carbocycles. The van der Waals surface area contributed by atoms with E-state index in [9.17, 15) is 27.2 Å². The second kappa shape index (κ2) is 8.97. The molecule has 174 valence electrons. The number of hydrogen-bond donors (Lipinski definition) is 2. The topological polar surface area (TPSA) is 75.5 Å². The molecule has 0 atom stereocenters. The number of alkyl halides is 3. The van der Waals surface area contributed by atoms with Gasteiger partial charge < -0.3 is 10.6 Å². The molecule has 0 bridgehead atoms. The van der Waals surface area contributed by atoms with Gasteiger partial charge in [-0.2, -0.15) is 13.2 Å². The van der Waals surface area contributed by atoms with Gasteiger partial charge in [0.1, 0.15) is 17.2 Å². The van der Waals surface area contributed by atoms with Crippen LogP contribution in [0.4, 0.5) is 23.2 Å². The summed E-state index contributed by atoms with van der Waals surface area (Å²) in [4.78, 5) is 29.3. The molecular weight excluding hydrogens is 452 g/mol. The maximum absolute atomic E-state index is 14.0. The first kappa shape index (κ1) is 23.0. The molecule has 0 unspecified atom stereocenters. The Kier molecular flexibility index (Phi) is 6.06. The number of anilines is 1. The fourth-order valence-electron chi connectivity index (χ4n) is 3.35. The van der Waals surface area contributed by atoms with Gasteiger partial charge in [0, 0.05) is 18.4 Å². The van der Waals surface area contributed by atoms with E-state index in [1.807, 2.05) is 0 Å². The summed E-state index contributed by atoms with van der Waals surface area (Å²) in [5.74, 6) is -2.44. The first-order chi connectivity index (χ1) is 16.1. The Morgan fingerprint density at radius 2 is 1.82 bits per heavy atom. The van der Waals surface area contributed by atoms with E-state index in [1.165, 1.54) is 6.20 Å². The first-order valence-electron chi connectivity index (χ1n) is 10.1. The Labute approximate surface area is 191 Å². The third kappa shape index (κ3) is 4.75. The minimum atomic E-state index is -4.70. The van der Waals surface area contributed by atoms with Gasteiger partial charge in [0.15, 0.2) is 0 Å². The van der Waals surface area contributed by atoms with Crippen molar-refractivity contribution in [2.45, 2.75) is 19.6 Å². The van der Waals surface area contributed by atoms with Crippen molar-refractivity contribution in [3.63, 3.8) is 0 Å². The fourth-order valence-corrected chi connectivity index (χ4v) is 3.35. The Morgan fingerprint density at radius 1 is 1.03 bits per heavy atom. The van der Waals surface area contributed by atoms with E-state index in [4.69, 9.17) is 0 Å². The molecule has 0 aliphatic carbocycles. The van der Waals surface area contributed by atoms with Crippen LogP contribution in [0.1, 0.15) is 37.5 Å². The summed E-state index contributed by atoms with van der Waals surface area (Å²) < 4.78 is 54.3. The second-order valence-electron chi connectivity index (χ2n) is 7.55. The smallest absolute Gasteiger partial charge is 0.348 e. The molecule has 0 fully saturated rings. The highest BCUT2D eigenvalue weighted by Crippen LogP contribution is 2.30. The van der Waals surface area contributed by atoms with Crippen molar-refractivity contribution >= 4 is 23.1 Å². The number of imidazole rings is 1. The molecule has 0 radical (unpaired) electrons. The number of benzene rings is 2. The molecule has 4 rings (SSSR count). The summed E-state index contributed by atoms with van der Waals surface area (Å²) >= 11 is 0. The number of aryl methyl sites for hydroxylation is 1. The number of nitrogens with zero attached hydrogens (tertiary/aromatic N) is 2. The Bertz CT molecular complexity index is 1400. The summed E-state index contributed by atoms with van der Waals surface area (Å²) in [6.45, 7) is 1.69. The average Bonchev–Trinajstić information content (AvgIpc) is 3.23. The number of fused-ring (bicyclic) bond motifs is 1. The third-order valence-corrected chi connectivity index (χ3v) is 5.19. The number of aromatic nitrogens is 2. The summed E-state index contributed by atoms with van der Waals surface area (Å²) in [5, 5.41) is 5.21.